The third kappa shape index (κ3) is 8.02. The molecule has 158 valence electrons. The molecule has 0 atom stereocenters. The Morgan fingerprint density at radius 2 is 2.07 bits per heavy atom. The highest BCUT2D eigenvalue weighted by Crippen LogP contribution is 2.29. The molecule has 1 aromatic carbocycles. The molecule has 0 unspecified atom stereocenters. The number of allylic oxidation sites excluding steroid dienone is 1. The second kappa shape index (κ2) is 11.5. The molecule has 2 rings (SSSR count). The van der Waals surface area contributed by atoms with Crippen LogP contribution in [0.5, 0.6) is 0 Å². The topological polar surface area (TPSA) is 40.5 Å². The van der Waals surface area contributed by atoms with Crippen LogP contribution in [0.3, 0.4) is 0 Å². The highest BCUT2D eigenvalue weighted by molar-refractivity contribution is 7.08. The second-order valence-electron chi connectivity index (χ2n) is 8.12. The van der Waals surface area contributed by atoms with Crippen LogP contribution in [0, 0.1) is 17.3 Å². The van der Waals surface area contributed by atoms with Crippen LogP contribution in [-0.2, 0) is 11.2 Å². The van der Waals surface area contributed by atoms with Gasteiger partial charge in [-0.15, -0.1) is 0 Å². The predicted octanol–water partition coefficient (Wildman–Crippen LogP) is 5.98. The summed E-state index contributed by atoms with van der Waals surface area (Å²) >= 11 is 1.67. The zero-order valence-corrected chi connectivity index (χ0v) is 19.1. The minimum absolute atomic E-state index is 0.0139. The van der Waals surface area contributed by atoms with Gasteiger partial charge in [0.25, 0.3) is 0 Å². The van der Waals surface area contributed by atoms with Gasteiger partial charge in [-0.1, -0.05) is 43.0 Å². The Labute approximate surface area is 184 Å². The number of likely N-dealkylation sites (N-methyl/N-ethyl adjacent to an activating group) is 1. The number of rotatable bonds is 9. The van der Waals surface area contributed by atoms with Crippen molar-refractivity contribution >= 4 is 23.4 Å². The van der Waals surface area contributed by atoms with Crippen molar-refractivity contribution in [2.75, 3.05) is 19.6 Å². The highest BCUT2D eigenvalue weighted by Gasteiger charge is 2.11. The Balaban J connectivity index is 2.17. The number of carboxylic acids is 1. The van der Waals surface area contributed by atoms with Gasteiger partial charge in [-0.3, -0.25) is 4.90 Å². The molecule has 0 saturated heterocycles. The molecule has 0 spiro atoms. The number of carbonyl (C=O) groups is 1. The van der Waals surface area contributed by atoms with Gasteiger partial charge in [0.05, 0.1) is 0 Å². The van der Waals surface area contributed by atoms with Crippen molar-refractivity contribution in [2.45, 2.75) is 34.1 Å². The van der Waals surface area contributed by atoms with Gasteiger partial charge in [-0.25, -0.2) is 4.79 Å². The molecule has 0 aliphatic rings. The molecule has 30 heavy (non-hydrogen) atoms. The quantitative estimate of drug-likeness (QED) is 0.400. The first-order valence-corrected chi connectivity index (χ1v) is 11.2. The molecule has 0 aliphatic heterocycles. The highest BCUT2D eigenvalue weighted by atomic mass is 32.1. The van der Waals surface area contributed by atoms with Gasteiger partial charge in [-0.2, -0.15) is 11.3 Å². The van der Waals surface area contributed by atoms with Gasteiger partial charge in [0.2, 0.25) is 0 Å². The molecule has 3 nitrogen and oxygen atoms in total. The van der Waals surface area contributed by atoms with E-state index in [-0.39, 0.29) is 5.41 Å². The molecule has 0 aliphatic carbocycles. The lowest BCUT2D eigenvalue weighted by atomic mass is 9.94. The van der Waals surface area contributed by atoms with Crippen molar-refractivity contribution in [3.8, 4) is 23.0 Å². The van der Waals surface area contributed by atoms with Crippen LogP contribution in [0.4, 0.5) is 0 Å². The van der Waals surface area contributed by atoms with E-state index < -0.39 is 5.97 Å². The van der Waals surface area contributed by atoms with Crippen molar-refractivity contribution in [1.82, 2.24) is 4.90 Å². The molecule has 0 bridgehead atoms. The van der Waals surface area contributed by atoms with E-state index in [1.165, 1.54) is 22.8 Å². The Kier molecular flexibility index (Phi) is 9.11. The molecular weight excluding hydrogens is 390 g/mol. The fourth-order valence-electron chi connectivity index (χ4n) is 3.06. The summed E-state index contributed by atoms with van der Waals surface area (Å²) in [5, 5.41) is 13.3. The molecule has 1 N–H and O–H groups in total. The zero-order valence-electron chi connectivity index (χ0n) is 18.3. The second-order valence-corrected chi connectivity index (χ2v) is 8.90. The molecule has 0 saturated carbocycles. The molecule has 0 radical (unpaired) electrons. The molecule has 1 heterocycles. The van der Waals surface area contributed by atoms with E-state index >= 15 is 0 Å². The maximum atomic E-state index is 11.0. The number of benzene rings is 1. The zero-order chi connectivity index (χ0) is 22.0. The van der Waals surface area contributed by atoms with Gasteiger partial charge < -0.3 is 5.11 Å². The molecule has 4 heteroatoms. The first-order valence-electron chi connectivity index (χ1n) is 10.3. The van der Waals surface area contributed by atoms with Crippen molar-refractivity contribution in [3.63, 3.8) is 0 Å². The van der Waals surface area contributed by atoms with Crippen molar-refractivity contribution in [2.24, 2.45) is 5.41 Å². The number of aliphatic carboxylic acids is 1. The normalized spacial score (nSPS) is 11.9. The summed E-state index contributed by atoms with van der Waals surface area (Å²) in [5.41, 5.74) is 4.51. The maximum Gasteiger partial charge on any atom is 0.328 e. The van der Waals surface area contributed by atoms with Crippen LogP contribution < -0.4 is 0 Å². The lowest BCUT2D eigenvalue weighted by Gasteiger charge is -2.20. The first-order chi connectivity index (χ1) is 14.3. The third-order valence-electron chi connectivity index (χ3n) is 4.59. The predicted molar refractivity (Wildman–Crippen MR) is 129 cm³/mol. The minimum Gasteiger partial charge on any atom is -0.478 e. The fourth-order valence-corrected chi connectivity index (χ4v) is 3.71. The Morgan fingerprint density at radius 3 is 2.70 bits per heavy atom. The molecule has 0 amide bonds. The summed E-state index contributed by atoms with van der Waals surface area (Å²) in [4.78, 5) is 13.4. The largest absolute Gasteiger partial charge is 0.478 e. The van der Waals surface area contributed by atoms with Gasteiger partial charge >= 0.3 is 5.97 Å². The number of hydrogen-bond donors (Lipinski definition) is 1. The number of carboxylic acid groups (broad SMARTS) is 1. The Hall–Kier alpha value is -2.61. The summed E-state index contributed by atoms with van der Waals surface area (Å²) in [6, 6.07) is 8.21. The maximum absolute atomic E-state index is 11.0. The third-order valence-corrected chi connectivity index (χ3v) is 5.27. The van der Waals surface area contributed by atoms with E-state index in [1.807, 2.05) is 18.2 Å². The van der Waals surface area contributed by atoms with E-state index in [0.29, 0.717) is 0 Å². The minimum atomic E-state index is -0.932. The average Bonchev–Trinajstić information content (AvgIpc) is 3.22. The Morgan fingerprint density at radius 1 is 1.27 bits per heavy atom. The summed E-state index contributed by atoms with van der Waals surface area (Å²) in [6.45, 7) is 11.1. The SMILES string of the molecule is CCN(CC=CC#CC(C)(C)C)CCc1c(C=CC(=O)O)cccc1-c1ccsc1. The van der Waals surface area contributed by atoms with Gasteiger partial charge in [-0.05, 0) is 85.0 Å². The standard InChI is InChI=1S/C26H31NO2S/c1-5-27(17-8-6-7-16-26(2,3)4)18-14-24-21(12-13-25(28)29)10-9-11-23(24)22-15-19-30-20-22/h6,8-13,15,19-20H,5,14,17-18H2,1-4H3,(H,28,29). The number of thiophene rings is 1. The summed E-state index contributed by atoms with van der Waals surface area (Å²) in [7, 11) is 0. The lowest BCUT2D eigenvalue weighted by Crippen LogP contribution is -2.26. The first kappa shape index (κ1) is 23.7. The molecule has 2 aromatic rings. The van der Waals surface area contributed by atoms with E-state index in [1.54, 1.807) is 17.4 Å². The number of hydrogen-bond acceptors (Lipinski definition) is 3. The smallest absolute Gasteiger partial charge is 0.328 e. The van der Waals surface area contributed by atoms with Gasteiger partial charge in [0, 0.05) is 24.6 Å². The van der Waals surface area contributed by atoms with Crippen LogP contribution in [0.2, 0.25) is 0 Å². The van der Waals surface area contributed by atoms with Crippen molar-refractivity contribution < 1.29 is 9.90 Å². The lowest BCUT2D eigenvalue weighted by molar-refractivity contribution is -0.131. The van der Waals surface area contributed by atoms with Crippen molar-refractivity contribution in [1.29, 1.82) is 0 Å². The number of nitrogens with zero attached hydrogens (tertiary/aromatic N) is 1. The van der Waals surface area contributed by atoms with Gasteiger partial charge in [0.15, 0.2) is 0 Å². The van der Waals surface area contributed by atoms with E-state index in [4.69, 9.17) is 5.11 Å². The van der Waals surface area contributed by atoms with E-state index in [0.717, 1.165) is 31.6 Å². The van der Waals surface area contributed by atoms with E-state index in [9.17, 15) is 4.79 Å². The van der Waals surface area contributed by atoms with Crippen LogP contribution >= 0.6 is 11.3 Å². The average molecular weight is 422 g/mol. The monoisotopic (exact) mass is 421 g/mol. The summed E-state index contributed by atoms with van der Waals surface area (Å²) < 4.78 is 0. The van der Waals surface area contributed by atoms with Gasteiger partial charge in [0.1, 0.15) is 0 Å². The molecule has 1 aromatic heterocycles. The van der Waals surface area contributed by atoms with Crippen LogP contribution in [0.1, 0.15) is 38.8 Å². The Bertz CT molecular complexity index is 938. The molecular formula is C26H31NO2S. The van der Waals surface area contributed by atoms with Crippen LogP contribution in [0.25, 0.3) is 17.2 Å². The van der Waals surface area contributed by atoms with Crippen LogP contribution in [-0.4, -0.2) is 35.6 Å². The fraction of sp³-hybridized carbons (Fsp3) is 0.346. The van der Waals surface area contributed by atoms with E-state index in [2.05, 4.69) is 73.4 Å². The molecule has 0 fully saturated rings. The van der Waals surface area contributed by atoms with Crippen molar-refractivity contribution in [3.05, 3.63) is 64.4 Å². The summed E-state index contributed by atoms with van der Waals surface area (Å²) in [6.07, 6.45) is 7.81. The summed E-state index contributed by atoms with van der Waals surface area (Å²) in [5.74, 6) is 5.41. The van der Waals surface area contributed by atoms with Crippen LogP contribution in [0.15, 0.2) is 53.3 Å².